The van der Waals surface area contributed by atoms with Crippen molar-refractivity contribution in [1.82, 2.24) is 10.2 Å². The number of hydrogen-bond acceptors (Lipinski definition) is 6. The summed E-state index contributed by atoms with van der Waals surface area (Å²) in [6, 6.07) is 8.19. The highest BCUT2D eigenvalue weighted by atomic mass is 32.2. The molecular weight excluding hydrogens is 280 g/mol. The molecule has 0 aliphatic heterocycles. The number of methoxy groups -OCH3 is 1. The van der Waals surface area contributed by atoms with Gasteiger partial charge in [0.15, 0.2) is 4.34 Å². The van der Waals surface area contributed by atoms with Gasteiger partial charge >= 0.3 is 5.97 Å². The molecule has 0 aliphatic carbocycles. The Bertz CT molecular complexity index is 552. The molecule has 100 valence electrons. The van der Waals surface area contributed by atoms with E-state index in [0.717, 1.165) is 14.9 Å². The number of benzene rings is 1. The van der Waals surface area contributed by atoms with Crippen molar-refractivity contribution in [2.75, 3.05) is 12.9 Å². The molecule has 0 fully saturated rings. The molecule has 0 bridgehead atoms. The van der Waals surface area contributed by atoms with Crippen LogP contribution in [0, 0.1) is 6.92 Å². The normalized spacial score (nSPS) is 10.4. The average Bonchev–Trinajstić information content (AvgIpc) is 2.88. The lowest BCUT2D eigenvalue weighted by Gasteiger charge is -1.96. The molecule has 0 radical (unpaired) electrons. The van der Waals surface area contributed by atoms with Crippen LogP contribution in [0.2, 0.25) is 0 Å². The van der Waals surface area contributed by atoms with Gasteiger partial charge in [-0.2, -0.15) is 0 Å². The topological polar surface area (TPSA) is 52.1 Å². The fourth-order valence-electron chi connectivity index (χ4n) is 1.40. The Labute approximate surface area is 120 Å². The molecule has 0 atom stereocenters. The van der Waals surface area contributed by atoms with Crippen molar-refractivity contribution in [3.05, 3.63) is 29.8 Å². The van der Waals surface area contributed by atoms with E-state index in [1.807, 2.05) is 12.1 Å². The van der Waals surface area contributed by atoms with Gasteiger partial charge in [0.25, 0.3) is 0 Å². The summed E-state index contributed by atoms with van der Waals surface area (Å²) in [6.07, 6.45) is 0.389. The first kappa shape index (κ1) is 14.0. The molecule has 0 saturated heterocycles. The fraction of sp³-hybridized carbons (Fsp3) is 0.308. The second kappa shape index (κ2) is 6.68. The lowest BCUT2D eigenvalue weighted by molar-refractivity contribution is -0.140. The molecule has 0 amide bonds. The first-order valence-corrected chi connectivity index (χ1v) is 7.59. The van der Waals surface area contributed by atoms with Crippen LogP contribution in [0.4, 0.5) is 0 Å². The quantitative estimate of drug-likeness (QED) is 0.626. The summed E-state index contributed by atoms with van der Waals surface area (Å²) in [7, 11) is 1.40. The van der Waals surface area contributed by atoms with E-state index in [1.54, 1.807) is 0 Å². The molecule has 2 rings (SSSR count). The lowest BCUT2D eigenvalue weighted by Crippen LogP contribution is -2.00. The first-order valence-electron chi connectivity index (χ1n) is 5.79. The highest BCUT2D eigenvalue weighted by Gasteiger charge is 2.08. The fourth-order valence-corrected chi connectivity index (χ4v) is 3.25. The largest absolute Gasteiger partial charge is 0.469 e. The maximum absolute atomic E-state index is 11.0. The molecule has 0 spiro atoms. The van der Waals surface area contributed by atoms with E-state index in [4.69, 9.17) is 0 Å². The maximum atomic E-state index is 11.0. The first-order chi connectivity index (χ1) is 9.19. The molecule has 6 heteroatoms. The van der Waals surface area contributed by atoms with Crippen molar-refractivity contribution in [3.63, 3.8) is 0 Å². The van der Waals surface area contributed by atoms with Crippen molar-refractivity contribution in [1.29, 1.82) is 0 Å². The zero-order valence-electron chi connectivity index (χ0n) is 10.8. The highest BCUT2D eigenvalue weighted by molar-refractivity contribution is 8.01. The minimum absolute atomic E-state index is 0.198. The van der Waals surface area contributed by atoms with Gasteiger partial charge < -0.3 is 4.74 Å². The Morgan fingerprint density at radius 3 is 2.74 bits per heavy atom. The number of aryl methyl sites for hydroxylation is 1. The van der Waals surface area contributed by atoms with Crippen LogP contribution in [0.25, 0.3) is 10.6 Å². The average molecular weight is 294 g/mol. The maximum Gasteiger partial charge on any atom is 0.306 e. The van der Waals surface area contributed by atoms with Crippen molar-refractivity contribution < 1.29 is 9.53 Å². The Kier molecular flexibility index (Phi) is 4.93. The molecule has 2 aromatic rings. The van der Waals surface area contributed by atoms with Crippen molar-refractivity contribution in [3.8, 4) is 10.6 Å². The van der Waals surface area contributed by atoms with E-state index in [-0.39, 0.29) is 5.97 Å². The second-order valence-corrected chi connectivity index (χ2v) is 6.23. The summed E-state index contributed by atoms with van der Waals surface area (Å²) >= 11 is 3.07. The van der Waals surface area contributed by atoms with E-state index in [0.29, 0.717) is 12.2 Å². The second-order valence-electron chi connectivity index (χ2n) is 3.91. The third-order valence-electron chi connectivity index (χ3n) is 2.46. The summed E-state index contributed by atoms with van der Waals surface area (Å²) < 4.78 is 5.46. The van der Waals surface area contributed by atoms with Crippen LogP contribution in [-0.4, -0.2) is 29.0 Å². The van der Waals surface area contributed by atoms with Gasteiger partial charge in [-0.25, -0.2) is 0 Å². The van der Waals surface area contributed by atoms with E-state index in [9.17, 15) is 4.79 Å². The summed E-state index contributed by atoms with van der Waals surface area (Å²) in [5.74, 6) is 0.464. The van der Waals surface area contributed by atoms with Crippen LogP contribution >= 0.6 is 23.1 Å². The Morgan fingerprint density at radius 1 is 1.32 bits per heavy atom. The Balaban J connectivity index is 1.95. The van der Waals surface area contributed by atoms with Crippen molar-refractivity contribution >= 4 is 29.1 Å². The summed E-state index contributed by atoms with van der Waals surface area (Å²) in [5, 5.41) is 9.19. The SMILES string of the molecule is COC(=O)CCSc1nnc(-c2ccc(C)cc2)s1. The molecule has 0 saturated carbocycles. The Hall–Kier alpha value is -1.40. The van der Waals surface area contributed by atoms with Gasteiger partial charge in [-0.15, -0.1) is 10.2 Å². The van der Waals surface area contributed by atoms with Gasteiger partial charge in [0, 0.05) is 11.3 Å². The van der Waals surface area contributed by atoms with Gasteiger partial charge in [-0.05, 0) is 6.92 Å². The Morgan fingerprint density at radius 2 is 2.05 bits per heavy atom. The van der Waals surface area contributed by atoms with E-state index in [1.165, 1.54) is 35.8 Å². The number of aromatic nitrogens is 2. The zero-order valence-corrected chi connectivity index (χ0v) is 12.4. The van der Waals surface area contributed by atoms with Crippen LogP contribution < -0.4 is 0 Å². The van der Waals surface area contributed by atoms with Crippen LogP contribution in [-0.2, 0) is 9.53 Å². The highest BCUT2D eigenvalue weighted by Crippen LogP contribution is 2.29. The van der Waals surface area contributed by atoms with Gasteiger partial charge in [-0.3, -0.25) is 4.79 Å². The minimum Gasteiger partial charge on any atom is -0.469 e. The van der Waals surface area contributed by atoms with Crippen LogP contribution in [0.5, 0.6) is 0 Å². The number of carbonyl (C=O) groups excluding carboxylic acids is 1. The number of carbonyl (C=O) groups is 1. The lowest BCUT2D eigenvalue weighted by atomic mass is 10.2. The molecule has 1 aromatic carbocycles. The predicted molar refractivity (Wildman–Crippen MR) is 77.4 cm³/mol. The molecule has 0 unspecified atom stereocenters. The summed E-state index contributed by atoms with van der Waals surface area (Å²) in [6.45, 7) is 2.05. The number of nitrogens with zero attached hydrogens (tertiary/aromatic N) is 2. The van der Waals surface area contributed by atoms with E-state index < -0.39 is 0 Å². The number of thioether (sulfide) groups is 1. The molecular formula is C13H14N2O2S2. The minimum atomic E-state index is -0.198. The third-order valence-corrected chi connectivity index (χ3v) is 4.57. The van der Waals surface area contributed by atoms with Crippen LogP contribution in [0.1, 0.15) is 12.0 Å². The smallest absolute Gasteiger partial charge is 0.306 e. The van der Waals surface area contributed by atoms with Gasteiger partial charge in [0.1, 0.15) is 5.01 Å². The van der Waals surface area contributed by atoms with Crippen molar-refractivity contribution in [2.45, 2.75) is 17.7 Å². The van der Waals surface area contributed by atoms with Gasteiger partial charge in [0.05, 0.1) is 13.5 Å². The van der Waals surface area contributed by atoms with Crippen molar-refractivity contribution in [2.24, 2.45) is 0 Å². The summed E-state index contributed by atoms with van der Waals surface area (Å²) in [4.78, 5) is 11.0. The molecule has 0 aliphatic rings. The molecule has 1 aromatic heterocycles. The number of esters is 1. The van der Waals surface area contributed by atoms with Crippen LogP contribution in [0.15, 0.2) is 28.6 Å². The molecule has 19 heavy (non-hydrogen) atoms. The molecule has 4 nitrogen and oxygen atoms in total. The number of hydrogen-bond donors (Lipinski definition) is 0. The van der Waals surface area contributed by atoms with E-state index in [2.05, 4.69) is 34.0 Å². The predicted octanol–water partition coefficient (Wildman–Crippen LogP) is 3.17. The number of rotatable bonds is 5. The number of ether oxygens (including phenoxy) is 1. The zero-order chi connectivity index (χ0) is 13.7. The van der Waals surface area contributed by atoms with Gasteiger partial charge in [-0.1, -0.05) is 52.9 Å². The van der Waals surface area contributed by atoms with Gasteiger partial charge in [0.2, 0.25) is 0 Å². The van der Waals surface area contributed by atoms with E-state index >= 15 is 0 Å². The standard InChI is InChI=1S/C13H14N2O2S2/c1-9-3-5-10(6-4-9)12-14-15-13(19-12)18-8-7-11(16)17-2/h3-6H,7-8H2,1-2H3. The molecule has 1 heterocycles. The summed E-state index contributed by atoms with van der Waals surface area (Å²) in [5.41, 5.74) is 2.30. The molecule has 0 N–H and O–H groups in total. The van der Waals surface area contributed by atoms with Crippen LogP contribution in [0.3, 0.4) is 0 Å². The third kappa shape index (κ3) is 4.04. The monoisotopic (exact) mass is 294 g/mol.